The molecule has 5 nitrogen and oxygen atoms in total. The minimum Gasteiger partial charge on any atom is -0.507 e. The van der Waals surface area contributed by atoms with Gasteiger partial charge in [0.15, 0.2) is 0 Å². The summed E-state index contributed by atoms with van der Waals surface area (Å²) in [5, 5.41) is 13.1. The summed E-state index contributed by atoms with van der Waals surface area (Å²) in [6, 6.07) is 15.0. The smallest absolute Gasteiger partial charge is 0.293 e. The van der Waals surface area contributed by atoms with Gasteiger partial charge in [-0.15, -0.1) is 0 Å². The first-order valence-corrected chi connectivity index (χ1v) is 7.09. The van der Waals surface area contributed by atoms with E-state index in [1.54, 1.807) is 43.5 Å². The molecule has 1 heterocycles. The summed E-state index contributed by atoms with van der Waals surface area (Å²) in [6.45, 7) is 0. The van der Waals surface area contributed by atoms with E-state index in [9.17, 15) is 14.7 Å². The Bertz CT molecular complexity index is 778. The summed E-state index contributed by atoms with van der Waals surface area (Å²) in [5.74, 6) is -0.996. The van der Waals surface area contributed by atoms with E-state index in [0.29, 0.717) is 11.3 Å². The van der Waals surface area contributed by atoms with E-state index in [1.165, 1.54) is 0 Å². The summed E-state index contributed by atoms with van der Waals surface area (Å²) in [5.41, 5.74) is 1.25. The van der Waals surface area contributed by atoms with Crippen molar-refractivity contribution < 1.29 is 19.4 Å². The van der Waals surface area contributed by atoms with Gasteiger partial charge < -0.3 is 15.2 Å². The van der Waals surface area contributed by atoms with Crippen LogP contribution in [-0.4, -0.2) is 23.9 Å². The summed E-state index contributed by atoms with van der Waals surface area (Å²) in [7, 11) is 1.54. The first-order valence-electron chi connectivity index (χ1n) is 7.09. The highest BCUT2D eigenvalue weighted by molar-refractivity contribution is 6.46. The van der Waals surface area contributed by atoms with Gasteiger partial charge in [0.1, 0.15) is 11.5 Å². The molecule has 0 aliphatic carbocycles. The zero-order valence-electron chi connectivity index (χ0n) is 12.4. The Morgan fingerprint density at radius 3 is 2.30 bits per heavy atom. The molecular weight excluding hydrogens is 294 g/mol. The molecule has 1 amide bonds. The SMILES string of the molecule is COc1ccc(C(O)=C2C(=O)C(=O)NC2c2ccccc2)cc1. The van der Waals surface area contributed by atoms with Crippen molar-refractivity contribution in [3.63, 3.8) is 0 Å². The Labute approximate surface area is 133 Å². The van der Waals surface area contributed by atoms with Crippen LogP contribution in [0.1, 0.15) is 17.2 Å². The Morgan fingerprint density at radius 2 is 1.70 bits per heavy atom. The number of aliphatic hydroxyl groups excluding tert-OH is 1. The Morgan fingerprint density at radius 1 is 1.04 bits per heavy atom. The zero-order valence-corrected chi connectivity index (χ0v) is 12.4. The molecule has 0 bridgehead atoms. The molecule has 0 spiro atoms. The van der Waals surface area contributed by atoms with E-state index in [1.807, 2.05) is 18.2 Å². The van der Waals surface area contributed by atoms with Crippen LogP contribution in [0.15, 0.2) is 60.2 Å². The predicted octanol–water partition coefficient (Wildman–Crippen LogP) is 2.40. The maximum Gasteiger partial charge on any atom is 0.293 e. The Balaban J connectivity index is 2.08. The Kier molecular flexibility index (Phi) is 3.85. The summed E-state index contributed by atoms with van der Waals surface area (Å²) >= 11 is 0. The monoisotopic (exact) mass is 309 g/mol. The van der Waals surface area contributed by atoms with Crippen LogP contribution in [-0.2, 0) is 9.59 Å². The number of rotatable bonds is 3. The van der Waals surface area contributed by atoms with Crippen LogP contribution in [0.4, 0.5) is 0 Å². The molecule has 0 aromatic heterocycles. The van der Waals surface area contributed by atoms with Gasteiger partial charge in [-0.2, -0.15) is 0 Å². The van der Waals surface area contributed by atoms with Crippen molar-refractivity contribution in [3.05, 3.63) is 71.3 Å². The quantitative estimate of drug-likeness (QED) is 0.518. The van der Waals surface area contributed by atoms with Crippen molar-refractivity contribution in [1.29, 1.82) is 0 Å². The average molecular weight is 309 g/mol. The normalized spacial score (nSPS) is 19.4. The van der Waals surface area contributed by atoms with E-state index < -0.39 is 17.7 Å². The van der Waals surface area contributed by atoms with Gasteiger partial charge in [0.05, 0.1) is 18.7 Å². The van der Waals surface area contributed by atoms with Gasteiger partial charge in [-0.1, -0.05) is 30.3 Å². The fourth-order valence-corrected chi connectivity index (χ4v) is 2.57. The number of ether oxygens (including phenoxy) is 1. The molecule has 0 radical (unpaired) electrons. The summed E-state index contributed by atoms with van der Waals surface area (Å²) in [4.78, 5) is 24.0. The van der Waals surface area contributed by atoms with Gasteiger partial charge in [-0.05, 0) is 29.8 Å². The number of methoxy groups -OCH3 is 1. The number of aliphatic hydroxyl groups is 1. The van der Waals surface area contributed by atoms with Crippen LogP contribution in [0.2, 0.25) is 0 Å². The van der Waals surface area contributed by atoms with Crippen molar-refractivity contribution >= 4 is 17.4 Å². The molecule has 1 fully saturated rings. The van der Waals surface area contributed by atoms with Crippen LogP contribution in [0.25, 0.3) is 5.76 Å². The standard InChI is InChI=1S/C18H15NO4/c1-23-13-9-7-12(8-10-13)16(20)14-15(19-18(22)17(14)21)11-5-3-2-4-6-11/h2-10,15,20H,1H3,(H,19,22). The third-order valence-electron chi connectivity index (χ3n) is 3.77. The number of amides is 1. The van der Waals surface area contributed by atoms with Crippen LogP contribution in [0.5, 0.6) is 5.75 Å². The molecule has 1 aliphatic heterocycles. The van der Waals surface area contributed by atoms with Gasteiger partial charge in [0, 0.05) is 5.56 Å². The van der Waals surface area contributed by atoms with E-state index in [-0.39, 0.29) is 11.3 Å². The predicted molar refractivity (Wildman–Crippen MR) is 84.9 cm³/mol. The second kappa shape index (κ2) is 5.96. The second-order valence-corrected chi connectivity index (χ2v) is 5.14. The lowest BCUT2D eigenvalue weighted by atomic mass is 9.96. The van der Waals surface area contributed by atoms with Crippen molar-refractivity contribution in [2.24, 2.45) is 0 Å². The first kappa shape index (κ1) is 14.8. The van der Waals surface area contributed by atoms with Crippen molar-refractivity contribution in [3.8, 4) is 5.75 Å². The fourth-order valence-electron chi connectivity index (χ4n) is 2.57. The highest BCUT2D eigenvalue weighted by Crippen LogP contribution is 2.33. The topological polar surface area (TPSA) is 75.6 Å². The van der Waals surface area contributed by atoms with Crippen LogP contribution in [0, 0.1) is 0 Å². The lowest BCUT2D eigenvalue weighted by Gasteiger charge is -2.13. The molecule has 23 heavy (non-hydrogen) atoms. The van der Waals surface area contributed by atoms with Gasteiger partial charge >= 0.3 is 0 Å². The number of hydrogen-bond acceptors (Lipinski definition) is 4. The third kappa shape index (κ3) is 2.68. The maximum absolute atomic E-state index is 12.2. The largest absolute Gasteiger partial charge is 0.507 e. The summed E-state index contributed by atoms with van der Waals surface area (Å²) in [6.07, 6.45) is 0. The minimum absolute atomic E-state index is 0.0615. The minimum atomic E-state index is -0.716. The Hall–Kier alpha value is -3.08. The molecule has 1 aliphatic rings. The van der Waals surface area contributed by atoms with E-state index in [2.05, 4.69) is 5.32 Å². The molecule has 1 saturated heterocycles. The number of ketones is 1. The molecule has 1 unspecified atom stereocenters. The zero-order chi connectivity index (χ0) is 16.4. The number of benzene rings is 2. The lowest BCUT2D eigenvalue weighted by Crippen LogP contribution is -2.21. The third-order valence-corrected chi connectivity index (χ3v) is 3.77. The van der Waals surface area contributed by atoms with Crippen molar-refractivity contribution in [2.75, 3.05) is 7.11 Å². The number of nitrogens with one attached hydrogen (secondary N) is 1. The molecule has 0 saturated carbocycles. The molecule has 5 heteroatoms. The maximum atomic E-state index is 12.2. The molecule has 2 aromatic rings. The van der Waals surface area contributed by atoms with Gasteiger partial charge in [0.2, 0.25) is 0 Å². The molecular formula is C18H15NO4. The van der Waals surface area contributed by atoms with Crippen LogP contribution < -0.4 is 10.1 Å². The lowest BCUT2D eigenvalue weighted by molar-refractivity contribution is -0.133. The van der Waals surface area contributed by atoms with Gasteiger partial charge in [0.25, 0.3) is 11.7 Å². The molecule has 116 valence electrons. The molecule has 2 N–H and O–H groups in total. The summed E-state index contributed by atoms with van der Waals surface area (Å²) < 4.78 is 5.07. The fraction of sp³-hybridized carbons (Fsp3) is 0.111. The number of carbonyl (C=O) groups is 2. The van der Waals surface area contributed by atoms with Crippen molar-refractivity contribution in [1.82, 2.24) is 5.32 Å². The van der Waals surface area contributed by atoms with E-state index in [4.69, 9.17) is 4.74 Å². The first-order chi connectivity index (χ1) is 11.1. The van der Waals surface area contributed by atoms with Gasteiger partial charge in [-0.3, -0.25) is 9.59 Å². The number of carbonyl (C=O) groups excluding carboxylic acids is 2. The second-order valence-electron chi connectivity index (χ2n) is 5.14. The molecule has 2 aromatic carbocycles. The van der Waals surface area contributed by atoms with Crippen molar-refractivity contribution in [2.45, 2.75) is 6.04 Å². The molecule has 3 rings (SSSR count). The average Bonchev–Trinajstić information content (AvgIpc) is 2.90. The molecule has 1 atom stereocenters. The van der Waals surface area contributed by atoms with E-state index in [0.717, 1.165) is 5.56 Å². The van der Waals surface area contributed by atoms with Gasteiger partial charge in [-0.25, -0.2) is 0 Å². The van der Waals surface area contributed by atoms with Crippen LogP contribution in [0.3, 0.4) is 0 Å². The van der Waals surface area contributed by atoms with E-state index >= 15 is 0 Å². The number of Topliss-reactive ketones (excluding diaryl/α,β-unsaturated/α-hetero) is 1. The number of hydrogen-bond donors (Lipinski definition) is 2. The van der Waals surface area contributed by atoms with Crippen LogP contribution >= 0.6 is 0 Å². The highest BCUT2D eigenvalue weighted by atomic mass is 16.5. The highest BCUT2D eigenvalue weighted by Gasteiger charge is 2.39.